The van der Waals surface area contributed by atoms with Crippen LogP contribution in [0.1, 0.15) is 5.56 Å². The first-order chi connectivity index (χ1) is 7.88. The Morgan fingerprint density at radius 2 is 2.25 bits per heavy atom. The van der Waals surface area contributed by atoms with Gasteiger partial charge in [-0.2, -0.15) is 0 Å². The highest BCUT2D eigenvalue weighted by Crippen LogP contribution is 2.21. The van der Waals surface area contributed by atoms with Crippen LogP contribution >= 0.6 is 0 Å². The number of nitrogens with zero attached hydrogens (tertiary/aromatic N) is 1. The number of nitrogens with one attached hydrogen (secondary N) is 1. The molecular formula is C13H17N3. The number of aromatic nitrogens is 1. The minimum absolute atomic E-state index is 0.644. The maximum absolute atomic E-state index is 5.62. The van der Waals surface area contributed by atoms with Crippen LogP contribution < -0.4 is 5.73 Å². The van der Waals surface area contributed by atoms with Crippen molar-refractivity contribution >= 4 is 10.9 Å². The molecule has 16 heavy (non-hydrogen) atoms. The van der Waals surface area contributed by atoms with Gasteiger partial charge in [0.2, 0.25) is 0 Å². The van der Waals surface area contributed by atoms with Gasteiger partial charge in [0.05, 0.1) is 0 Å². The third kappa shape index (κ3) is 1.72. The van der Waals surface area contributed by atoms with E-state index in [9.17, 15) is 0 Å². The third-order valence-corrected chi connectivity index (χ3v) is 3.44. The molecule has 2 aromatic rings. The summed E-state index contributed by atoms with van der Waals surface area (Å²) in [5, 5.41) is 1.36. The molecule has 1 aliphatic heterocycles. The van der Waals surface area contributed by atoms with Gasteiger partial charge in [-0.15, -0.1) is 0 Å². The molecule has 0 radical (unpaired) electrons. The second-order valence-corrected chi connectivity index (χ2v) is 4.49. The fourth-order valence-corrected chi connectivity index (χ4v) is 2.32. The van der Waals surface area contributed by atoms with Gasteiger partial charge >= 0.3 is 0 Å². The van der Waals surface area contributed by atoms with Crippen LogP contribution in [0.2, 0.25) is 0 Å². The number of rotatable bonds is 4. The van der Waals surface area contributed by atoms with Crippen LogP contribution in [-0.2, 0) is 6.42 Å². The van der Waals surface area contributed by atoms with Crippen molar-refractivity contribution in [2.45, 2.75) is 12.5 Å². The molecule has 2 unspecified atom stereocenters. The molecule has 0 bridgehead atoms. The molecule has 0 aliphatic carbocycles. The number of hydrogen-bond donors (Lipinski definition) is 2. The molecule has 1 aliphatic rings. The Kier molecular flexibility index (Phi) is 2.42. The van der Waals surface area contributed by atoms with Crippen molar-refractivity contribution in [2.75, 3.05) is 19.6 Å². The summed E-state index contributed by atoms with van der Waals surface area (Å²) in [6.45, 7) is 3.11. The van der Waals surface area contributed by atoms with E-state index in [2.05, 4.69) is 40.3 Å². The summed E-state index contributed by atoms with van der Waals surface area (Å²) in [4.78, 5) is 5.75. The second kappa shape index (κ2) is 3.92. The minimum atomic E-state index is 0.644. The van der Waals surface area contributed by atoms with Gasteiger partial charge < -0.3 is 10.7 Å². The molecular weight excluding hydrogens is 198 g/mol. The van der Waals surface area contributed by atoms with Gasteiger partial charge in [-0.05, 0) is 18.1 Å². The van der Waals surface area contributed by atoms with Gasteiger partial charge in [0.15, 0.2) is 0 Å². The molecule has 1 fully saturated rings. The van der Waals surface area contributed by atoms with Crippen molar-refractivity contribution in [1.82, 2.24) is 9.88 Å². The van der Waals surface area contributed by atoms with E-state index >= 15 is 0 Å². The number of nitrogens with two attached hydrogens (primary N) is 1. The minimum Gasteiger partial charge on any atom is -0.361 e. The second-order valence-electron chi connectivity index (χ2n) is 4.49. The van der Waals surface area contributed by atoms with Crippen molar-refractivity contribution in [3.8, 4) is 0 Å². The topological polar surface area (TPSA) is 44.8 Å². The lowest BCUT2D eigenvalue weighted by molar-refractivity contribution is 0.512. The average molecular weight is 215 g/mol. The standard InChI is InChI=1S/C13H17N3/c14-7-11-9-16(11)6-5-10-8-15-13-4-2-1-3-12(10)13/h1-4,8,11,15H,5-7,9,14H2. The average Bonchev–Trinajstić information content (AvgIpc) is 2.98. The molecule has 1 saturated heterocycles. The molecule has 0 spiro atoms. The maximum Gasteiger partial charge on any atom is 0.0456 e. The van der Waals surface area contributed by atoms with E-state index in [0.29, 0.717) is 6.04 Å². The van der Waals surface area contributed by atoms with Crippen molar-refractivity contribution in [3.05, 3.63) is 36.0 Å². The molecule has 1 aromatic heterocycles. The van der Waals surface area contributed by atoms with Gasteiger partial charge in [0, 0.05) is 42.8 Å². The van der Waals surface area contributed by atoms with E-state index in [1.54, 1.807) is 0 Å². The van der Waals surface area contributed by atoms with Crippen LogP contribution in [0.25, 0.3) is 10.9 Å². The monoisotopic (exact) mass is 215 g/mol. The fourth-order valence-electron chi connectivity index (χ4n) is 2.32. The van der Waals surface area contributed by atoms with E-state index in [4.69, 9.17) is 5.73 Å². The van der Waals surface area contributed by atoms with E-state index in [-0.39, 0.29) is 0 Å². The summed E-state index contributed by atoms with van der Waals surface area (Å²) in [5.74, 6) is 0. The van der Waals surface area contributed by atoms with Gasteiger partial charge in [-0.3, -0.25) is 4.90 Å². The van der Waals surface area contributed by atoms with Crippen molar-refractivity contribution in [1.29, 1.82) is 0 Å². The number of fused-ring (bicyclic) bond motifs is 1. The lowest BCUT2D eigenvalue weighted by Gasteiger charge is -2.01. The molecule has 3 nitrogen and oxygen atoms in total. The zero-order valence-electron chi connectivity index (χ0n) is 9.32. The van der Waals surface area contributed by atoms with Crippen molar-refractivity contribution in [3.63, 3.8) is 0 Å². The van der Waals surface area contributed by atoms with Crippen LogP contribution in [0, 0.1) is 0 Å². The molecule has 2 atom stereocenters. The van der Waals surface area contributed by atoms with Crippen LogP contribution in [0.15, 0.2) is 30.5 Å². The normalized spacial score (nSPS) is 23.8. The molecule has 3 N–H and O–H groups in total. The summed E-state index contributed by atoms with van der Waals surface area (Å²) >= 11 is 0. The Balaban J connectivity index is 1.70. The number of para-hydroxylation sites is 1. The van der Waals surface area contributed by atoms with Gasteiger partial charge in [0.1, 0.15) is 0 Å². The zero-order valence-corrected chi connectivity index (χ0v) is 9.32. The first-order valence-corrected chi connectivity index (χ1v) is 5.87. The van der Waals surface area contributed by atoms with Crippen LogP contribution in [-0.4, -0.2) is 35.6 Å². The molecule has 0 amide bonds. The summed E-state index contributed by atoms with van der Waals surface area (Å²) < 4.78 is 0. The molecule has 84 valence electrons. The highest BCUT2D eigenvalue weighted by Gasteiger charge is 2.31. The Bertz CT molecular complexity index is 489. The molecule has 0 saturated carbocycles. The summed E-state index contributed by atoms with van der Waals surface area (Å²) in [5.41, 5.74) is 8.27. The van der Waals surface area contributed by atoms with Crippen molar-refractivity contribution < 1.29 is 0 Å². The van der Waals surface area contributed by atoms with Crippen LogP contribution in [0.4, 0.5) is 0 Å². The number of aromatic amines is 1. The smallest absolute Gasteiger partial charge is 0.0456 e. The Morgan fingerprint density at radius 1 is 1.38 bits per heavy atom. The van der Waals surface area contributed by atoms with Gasteiger partial charge in [-0.25, -0.2) is 0 Å². The van der Waals surface area contributed by atoms with E-state index in [1.165, 1.54) is 23.0 Å². The van der Waals surface area contributed by atoms with E-state index in [1.807, 2.05) is 0 Å². The van der Waals surface area contributed by atoms with Crippen LogP contribution in [0.5, 0.6) is 0 Å². The Hall–Kier alpha value is -1.32. The highest BCUT2D eigenvalue weighted by atomic mass is 15.3. The summed E-state index contributed by atoms with van der Waals surface area (Å²) in [7, 11) is 0. The van der Waals surface area contributed by atoms with E-state index in [0.717, 1.165) is 19.5 Å². The highest BCUT2D eigenvalue weighted by molar-refractivity contribution is 5.83. The lowest BCUT2D eigenvalue weighted by atomic mass is 10.1. The first kappa shape index (κ1) is 9.87. The molecule has 3 heteroatoms. The van der Waals surface area contributed by atoms with Crippen molar-refractivity contribution in [2.24, 2.45) is 5.73 Å². The maximum atomic E-state index is 5.62. The molecule has 3 rings (SSSR count). The summed E-state index contributed by atoms with van der Waals surface area (Å²) in [6, 6.07) is 9.12. The zero-order chi connectivity index (χ0) is 11.0. The molecule has 2 heterocycles. The lowest BCUT2D eigenvalue weighted by Crippen LogP contribution is -2.14. The predicted molar refractivity (Wildman–Crippen MR) is 66.4 cm³/mol. The fraction of sp³-hybridized carbons (Fsp3) is 0.385. The quantitative estimate of drug-likeness (QED) is 0.756. The Morgan fingerprint density at radius 3 is 3.06 bits per heavy atom. The number of benzene rings is 1. The van der Waals surface area contributed by atoms with E-state index < -0.39 is 0 Å². The van der Waals surface area contributed by atoms with Gasteiger partial charge in [-0.1, -0.05) is 18.2 Å². The molecule has 1 aromatic carbocycles. The number of H-pyrrole nitrogens is 1. The predicted octanol–water partition coefficient (Wildman–Crippen LogP) is 1.35. The number of hydrogen-bond acceptors (Lipinski definition) is 2. The first-order valence-electron chi connectivity index (χ1n) is 5.87. The summed E-state index contributed by atoms with van der Waals surface area (Å²) in [6.07, 6.45) is 3.24. The Labute approximate surface area is 95.2 Å². The van der Waals surface area contributed by atoms with Crippen LogP contribution in [0.3, 0.4) is 0 Å². The SMILES string of the molecule is NCC1CN1CCc1c[nH]c2ccccc12. The largest absolute Gasteiger partial charge is 0.361 e. The third-order valence-electron chi connectivity index (χ3n) is 3.44. The van der Waals surface area contributed by atoms with Gasteiger partial charge in [0.25, 0.3) is 0 Å².